The molecule has 0 unspecified atom stereocenters. The third-order valence-electron chi connectivity index (χ3n) is 4.89. The molecule has 0 spiro atoms. The highest BCUT2D eigenvalue weighted by atomic mass is 15.0. The minimum atomic E-state index is 0.0999. The molecule has 1 aromatic heterocycles. The van der Waals surface area contributed by atoms with E-state index < -0.39 is 0 Å². The SMILES string of the molecule is CC.CC(C)(C)c1ccccc1.CC(C)(C)n1c2ccccc2c2ccccc21. The average molecular weight is 388 g/mol. The Bertz CT molecular complexity index is 971. The fraction of sp³-hybridized carbons (Fsp3) is 0.357. The zero-order valence-corrected chi connectivity index (χ0v) is 19.5. The van der Waals surface area contributed by atoms with E-state index in [9.17, 15) is 0 Å². The van der Waals surface area contributed by atoms with E-state index in [1.54, 1.807) is 0 Å². The Morgan fingerprint density at radius 2 is 0.897 bits per heavy atom. The van der Waals surface area contributed by atoms with Crippen molar-refractivity contribution in [1.82, 2.24) is 4.57 Å². The van der Waals surface area contributed by atoms with Crippen LogP contribution in [0.1, 0.15) is 61.0 Å². The van der Waals surface area contributed by atoms with Crippen LogP contribution < -0.4 is 0 Å². The highest BCUT2D eigenvalue weighted by Gasteiger charge is 2.19. The molecule has 0 aliphatic heterocycles. The highest BCUT2D eigenvalue weighted by Crippen LogP contribution is 2.33. The van der Waals surface area contributed by atoms with Crippen molar-refractivity contribution in [3.8, 4) is 0 Å². The van der Waals surface area contributed by atoms with Crippen molar-refractivity contribution < 1.29 is 0 Å². The number of para-hydroxylation sites is 2. The minimum absolute atomic E-state index is 0.0999. The normalized spacial score (nSPS) is 11.4. The van der Waals surface area contributed by atoms with Crippen molar-refractivity contribution in [2.45, 2.75) is 66.3 Å². The first-order valence-electron chi connectivity index (χ1n) is 10.7. The number of hydrogen-bond acceptors (Lipinski definition) is 0. The van der Waals surface area contributed by atoms with Crippen LogP contribution in [-0.4, -0.2) is 4.57 Å². The second-order valence-corrected chi connectivity index (χ2v) is 9.16. The maximum atomic E-state index is 2.43. The van der Waals surface area contributed by atoms with Crippen LogP contribution in [0, 0.1) is 0 Å². The van der Waals surface area contributed by atoms with Gasteiger partial charge < -0.3 is 4.57 Å². The molecule has 0 aliphatic carbocycles. The minimum Gasteiger partial charge on any atom is -0.335 e. The zero-order valence-electron chi connectivity index (χ0n) is 19.5. The van der Waals surface area contributed by atoms with Crippen LogP contribution in [0.4, 0.5) is 0 Å². The maximum absolute atomic E-state index is 2.43. The molecule has 0 amide bonds. The van der Waals surface area contributed by atoms with E-state index in [1.807, 2.05) is 13.8 Å². The first-order chi connectivity index (χ1) is 13.7. The van der Waals surface area contributed by atoms with Gasteiger partial charge in [-0.3, -0.25) is 0 Å². The molecule has 0 N–H and O–H groups in total. The Morgan fingerprint density at radius 3 is 1.24 bits per heavy atom. The van der Waals surface area contributed by atoms with Crippen LogP contribution in [0.25, 0.3) is 21.8 Å². The Hall–Kier alpha value is -2.54. The van der Waals surface area contributed by atoms with Gasteiger partial charge in [0.05, 0.1) is 0 Å². The largest absolute Gasteiger partial charge is 0.335 e. The summed E-state index contributed by atoms with van der Waals surface area (Å²) in [5.41, 5.74) is 4.43. The van der Waals surface area contributed by atoms with Gasteiger partial charge >= 0.3 is 0 Å². The number of aromatic nitrogens is 1. The summed E-state index contributed by atoms with van der Waals surface area (Å²) >= 11 is 0. The van der Waals surface area contributed by atoms with Gasteiger partial charge in [-0.1, -0.05) is 101 Å². The van der Waals surface area contributed by atoms with E-state index in [0.717, 1.165) is 0 Å². The zero-order chi connectivity index (χ0) is 21.7. The molecule has 29 heavy (non-hydrogen) atoms. The lowest BCUT2D eigenvalue weighted by molar-refractivity contribution is 0.423. The molecule has 4 aromatic rings. The molecule has 1 heterocycles. The molecule has 1 nitrogen and oxygen atoms in total. The van der Waals surface area contributed by atoms with E-state index in [0.29, 0.717) is 5.41 Å². The van der Waals surface area contributed by atoms with Gasteiger partial charge in [-0.2, -0.15) is 0 Å². The Balaban J connectivity index is 0.000000215. The van der Waals surface area contributed by atoms with Gasteiger partial charge in [0.25, 0.3) is 0 Å². The molecule has 0 radical (unpaired) electrons. The van der Waals surface area contributed by atoms with Gasteiger partial charge in [0.2, 0.25) is 0 Å². The van der Waals surface area contributed by atoms with Gasteiger partial charge in [-0.05, 0) is 43.9 Å². The fourth-order valence-corrected chi connectivity index (χ4v) is 3.58. The smallest absolute Gasteiger partial charge is 0.0496 e. The van der Waals surface area contributed by atoms with E-state index >= 15 is 0 Å². The predicted molar refractivity (Wildman–Crippen MR) is 131 cm³/mol. The molecule has 0 bridgehead atoms. The van der Waals surface area contributed by atoms with Gasteiger partial charge in [0, 0.05) is 27.3 Å². The van der Waals surface area contributed by atoms with Crippen LogP contribution in [0.3, 0.4) is 0 Å². The summed E-state index contributed by atoms with van der Waals surface area (Å²) in [7, 11) is 0. The summed E-state index contributed by atoms with van der Waals surface area (Å²) in [6.07, 6.45) is 0. The fourth-order valence-electron chi connectivity index (χ4n) is 3.58. The molecule has 0 aliphatic rings. The first-order valence-corrected chi connectivity index (χ1v) is 10.7. The standard InChI is InChI=1S/C16H17N.C10H14.C2H6/c1-16(2,3)17-14-10-6-4-8-12(14)13-9-5-7-11-15(13)17;1-10(2,3)9-7-5-4-6-8-9;1-2/h4-11H,1-3H3;4-8H,1-3H3;1-2H3. The Kier molecular flexibility index (Phi) is 7.30. The van der Waals surface area contributed by atoms with Gasteiger partial charge in [0.15, 0.2) is 0 Å². The lowest BCUT2D eigenvalue weighted by Gasteiger charge is -2.24. The molecule has 0 saturated carbocycles. The van der Waals surface area contributed by atoms with Gasteiger partial charge in [0.1, 0.15) is 0 Å². The topological polar surface area (TPSA) is 4.93 Å². The summed E-state index contributed by atoms with van der Waals surface area (Å²) in [6.45, 7) is 17.4. The van der Waals surface area contributed by atoms with E-state index in [-0.39, 0.29) is 5.54 Å². The Labute approximate surface area is 177 Å². The van der Waals surface area contributed by atoms with E-state index in [4.69, 9.17) is 0 Å². The lowest BCUT2D eigenvalue weighted by Crippen LogP contribution is -2.21. The van der Waals surface area contributed by atoms with E-state index in [1.165, 1.54) is 27.4 Å². The molecule has 0 fully saturated rings. The molecule has 154 valence electrons. The van der Waals surface area contributed by atoms with Crippen molar-refractivity contribution in [2.24, 2.45) is 0 Å². The van der Waals surface area contributed by atoms with Crippen LogP contribution in [-0.2, 0) is 11.0 Å². The van der Waals surface area contributed by atoms with Crippen molar-refractivity contribution >= 4 is 21.8 Å². The number of nitrogens with zero attached hydrogens (tertiary/aromatic N) is 1. The van der Waals surface area contributed by atoms with Crippen LogP contribution in [0.15, 0.2) is 78.9 Å². The van der Waals surface area contributed by atoms with Crippen molar-refractivity contribution in [3.05, 3.63) is 84.4 Å². The number of hydrogen-bond donors (Lipinski definition) is 0. The number of benzene rings is 3. The van der Waals surface area contributed by atoms with Crippen LogP contribution >= 0.6 is 0 Å². The molecule has 4 rings (SSSR count). The summed E-state index contributed by atoms with van der Waals surface area (Å²) in [6, 6.07) is 27.8. The van der Waals surface area contributed by atoms with Gasteiger partial charge in [-0.15, -0.1) is 0 Å². The van der Waals surface area contributed by atoms with Crippen LogP contribution in [0.5, 0.6) is 0 Å². The molecule has 0 atom stereocenters. The number of rotatable bonds is 0. The summed E-state index contributed by atoms with van der Waals surface area (Å²) in [5, 5.41) is 2.69. The first kappa shape index (κ1) is 22.7. The molecule has 0 saturated heterocycles. The van der Waals surface area contributed by atoms with Gasteiger partial charge in [-0.25, -0.2) is 0 Å². The average Bonchev–Trinajstić information content (AvgIpc) is 3.05. The molecule has 1 heteroatoms. The Morgan fingerprint density at radius 1 is 0.517 bits per heavy atom. The summed E-state index contributed by atoms with van der Waals surface area (Å²) in [4.78, 5) is 0. The molecular weight excluding hydrogens is 350 g/mol. The summed E-state index contributed by atoms with van der Waals surface area (Å²) in [5.74, 6) is 0. The lowest BCUT2D eigenvalue weighted by atomic mass is 9.87. The summed E-state index contributed by atoms with van der Waals surface area (Å²) < 4.78 is 2.43. The van der Waals surface area contributed by atoms with E-state index in [2.05, 4.69) is 125 Å². The van der Waals surface area contributed by atoms with Crippen molar-refractivity contribution in [1.29, 1.82) is 0 Å². The predicted octanol–water partition coefficient (Wildman–Crippen LogP) is 8.56. The third-order valence-corrected chi connectivity index (χ3v) is 4.89. The second-order valence-electron chi connectivity index (χ2n) is 9.16. The van der Waals surface area contributed by atoms with Crippen molar-refractivity contribution in [2.75, 3.05) is 0 Å². The highest BCUT2D eigenvalue weighted by molar-refractivity contribution is 6.08. The second kappa shape index (κ2) is 9.31. The maximum Gasteiger partial charge on any atom is 0.0496 e. The molecular formula is C28H37N. The quantitative estimate of drug-likeness (QED) is 0.285. The number of fused-ring (bicyclic) bond motifs is 3. The van der Waals surface area contributed by atoms with Crippen LogP contribution in [0.2, 0.25) is 0 Å². The monoisotopic (exact) mass is 387 g/mol. The molecule has 3 aromatic carbocycles. The van der Waals surface area contributed by atoms with Crippen molar-refractivity contribution in [3.63, 3.8) is 0 Å². The third kappa shape index (κ3) is 5.29.